The Balaban J connectivity index is 1.56. The van der Waals surface area contributed by atoms with Crippen LogP contribution in [-0.4, -0.2) is 23.2 Å². The van der Waals surface area contributed by atoms with E-state index in [4.69, 9.17) is 9.68 Å². The molecule has 0 spiro atoms. The normalized spacial score (nSPS) is 19.5. The molecular formula is C18H18N2O4. The van der Waals surface area contributed by atoms with E-state index >= 15 is 0 Å². The molecule has 0 radical (unpaired) electrons. The maximum absolute atomic E-state index is 11.9. The molecule has 1 aliphatic rings. The zero-order chi connectivity index (χ0) is 17.0. The fourth-order valence-corrected chi connectivity index (χ4v) is 2.28. The van der Waals surface area contributed by atoms with E-state index in [0.29, 0.717) is 5.56 Å². The minimum atomic E-state index is -0.701. The molecule has 1 unspecified atom stereocenters. The molecule has 3 N–H and O–H groups in total. The van der Waals surface area contributed by atoms with Crippen LogP contribution < -0.4 is 11.0 Å². The molecule has 1 atom stereocenters. The third-order valence-corrected chi connectivity index (χ3v) is 3.58. The fraction of sp³-hybridized carbons (Fsp3) is 0.167. The molecule has 0 bridgehead atoms. The zero-order valence-electron chi connectivity index (χ0n) is 13.2. The number of hydrogen-bond donors (Lipinski definition) is 3. The Bertz CT molecular complexity index is 743. The average Bonchev–Trinajstić information content (AvgIpc) is 2.99. The van der Waals surface area contributed by atoms with Crippen molar-refractivity contribution in [1.29, 1.82) is 0 Å². The van der Waals surface area contributed by atoms with Gasteiger partial charge in [0, 0.05) is 5.56 Å². The number of carbonyl (C=O) groups is 1. The van der Waals surface area contributed by atoms with Gasteiger partial charge in [0.2, 0.25) is 0 Å². The van der Waals surface area contributed by atoms with Gasteiger partial charge >= 0.3 is 0 Å². The summed E-state index contributed by atoms with van der Waals surface area (Å²) < 4.78 is 0. The highest BCUT2D eigenvalue weighted by Crippen LogP contribution is 2.25. The molecule has 1 heterocycles. The minimum Gasteiger partial charge on any atom is -0.508 e. The summed E-state index contributed by atoms with van der Waals surface area (Å²) in [6, 6.07) is 15.7. The Hall–Kier alpha value is -2.83. The smallest absolute Gasteiger partial charge is 0.274 e. The molecule has 1 amide bonds. The average molecular weight is 326 g/mol. The van der Waals surface area contributed by atoms with Crippen LogP contribution in [0.15, 0.2) is 60.7 Å². The maximum atomic E-state index is 11.9. The molecule has 24 heavy (non-hydrogen) atoms. The monoisotopic (exact) mass is 326 g/mol. The summed E-state index contributed by atoms with van der Waals surface area (Å²) in [6.07, 6.45) is 1.91. The van der Waals surface area contributed by atoms with E-state index < -0.39 is 11.5 Å². The molecule has 1 aliphatic heterocycles. The zero-order valence-corrected chi connectivity index (χ0v) is 13.2. The number of rotatable bonds is 5. The predicted octanol–water partition coefficient (Wildman–Crippen LogP) is 2.39. The van der Waals surface area contributed by atoms with Crippen LogP contribution in [0.2, 0.25) is 0 Å². The Morgan fingerprint density at radius 2 is 1.92 bits per heavy atom. The SMILES string of the molecule is CC1(CONC(=O)c2ccc(O)cc2)C=C(c2ccccc2)NO1. The quantitative estimate of drug-likeness (QED) is 0.735. The van der Waals surface area contributed by atoms with Crippen molar-refractivity contribution in [2.24, 2.45) is 0 Å². The van der Waals surface area contributed by atoms with Crippen molar-refractivity contribution < 1.29 is 19.6 Å². The number of hydrogen-bond acceptors (Lipinski definition) is 5. The number of hydroxylamine groups is 2. The van der Waals surface area contributed by atoms with Crippen LogP contribution in [0, 0.1) is 0 Å². The van der Waals surface area contributed by atoms with Gasteiger partial charge in [-0.25, -0.2) is 5.48 Å². The topological polar surface area (TPSA) is 79.8 Å². The summed E-state index contributed by atoms with van der Waals surface area (Å²) in [7, 11) is 0. The number of phenols is 1. The van der Waals surface area contributed by atoms with Crippen molar-refractivity contribution in [1.82, 2.24) is 11.0 Å². The van der Waals surface area contributed by atoms with E-state index in [1.54, 1.807) is 0 Å². The van der Waals surface area contributed by atoms with E-state index in [1.165, 1.54) is 24.3 Å². The molecule has 2 aromatic rings. The lowest BCUT2D eigenvalue weighted by Crippen LogP contribution is -2.36. The van der Waals surface area contributed by atoms with Crippen LogP contribution in [0.5, 0.6) is 5.75 Å². The number of nitrogens with one attached hydrogen (secondary N) is 2. The van der Waals surface area contributed by atoms with Crippen molar-refractivity contribution in [3.05, 3.63) is 71.8 Å². The summed E-state index contributed by atoms with van der Waals surface area (Å²) in [4.78, 5) is 22.8. The Kier molecular flexibility index (Phi) is 4.50. The molecule has 0 saturated heterocycles. The molecule has 124 valence electrons. The molecule has 0 aliphatic carbocycles. The molecule has 0 fully saturated rings. The van der Waals surface area contributed by atoms with Gasteiger partial charge < -0.3 is 5.11 Å². The highest BCUT2D eigenvalue weighted by atomic mass is 16.7. The maximum Gasteiger partial charge on any atom is 0.274 e. The van der Waals surface area contributed by atoms with E-state index in [0.717, 1.165) is 11.3 Å². The van der Waals surface area contributed by atoms with Crippen LogP contribution >= 0.6 is 0 Å². The second-order valence-electron chi connectivity index (χ2n) is 5.71. The first-order valence-corrected chi connectivity index (χ1v) is 7.49. The van der Waals surface area contributed by atoms with Gasteiger partial charge in [0.25, 0.3) is 5.91 Å². The second kappa shape index (κ2) is 6.74. The molecule has 0 saturated carbocycles. The van der Waals surface area contributed by atoms with E-state index in [1.807, 2.05) is 43.3 Å². The third kappa shape index (κ3) is 3.73. The van der Waals surface area contributed by atoms with Crippen molar-refractivity contribution in [2.45, 2.75) is 12.5 Å². The first kappa shape index (κ1) is 16.0. The number of phenolic OH excluding ortho intramolecular Hbond substituents is 1. The molecule has 0 aromatic heterocycles. The van der Waals surface area contributed by atoms with Gasteiger partial charge in [-0.15, -0.1) is 0 Å². The summed E-state index contributed by atoms with van der Waals surface area (Å²) in [6.45, 7) is 1.99. The highest BCUT2D eigenvalue weighted by molar-refractivity contribution is 5.93. The van der Waals surface area contributed by atoms with Gasteiger partial charge in [-0.05, 0) is 42.8 Å². The summed E-state index contributed by atoms with van der Waals surface area (Å²) in [5.41, 5.74) is 6.80. The van der Waals surface area contributed by atoms with Crippen LogP contribution in [-0.2, 0) is 9.68 Å². The minimum absolute atomic E-state index is 0.101. The standard InChI is InChI=1S/C18H18N2O4/c1-18(11-16(19-24-18)13-5-3-2-4-6-13)12-23-20-17(22)14-7-9-15(21)10-8-14/h2-11,19,21H,12H2,1H3,(H,20,22). The van der Waals surface area contributed by atoms with Crippen molar-refractivity contribution in [3.8, 4) is 5.75 Å². The molecule has 3 rings (SSSR count). The highest BCUT2D eigenvalue weighted by Gasteiger charge is 2.31. The third-order valence-electron chi connectivity index (χ3n) is 3.58. The number of benzene rings is 2. The van der Waals surface area contributed by atoms with E-state index in [9.17, 15) is 9.90 Å². The van der Waals surface area contributed by atoms with Crippen LogP contribution in [0.3, 0.4) is 0 Å². The first-order valence-electron chi connectivity index (χ1n) is 7.49. The Labute approximate surface area is 139 Å². The predicted molar refractivity (Wildman–Crippen MR) is 88.6 cm³/mol. The van der Waals surface area contributed by atoms with Crippen LogP contribution in [0.25, 0.3) is 5.70 Å². The van der Waals surface area contributed by atoms with Gasteiger partial charge in [0.1, 0.15) is 18.0 Å². The lowest BCUT2D eigenvalue weighted by atomic mass is 10.0. The summed E-state index contributed by atoms with van der Waals surface area (Å²) in [5.74, 6) is -0.291. The van der Waals surface area contributed by atoms with Crippen molar-refractivity contribution in [2.75, 3.05) is 6.61 Å². The molecule has 6 nitrogen and oxygen atoms in total. The molecule has 6 heteroatoms. The summed E-state index contributed by atoms with van der Waals surface area (Å²) >= 11 is 0. The summed E-state index contributed by atoms with van der Waals surface area (Å²) in [5, 5.41) is 9.22. The number of amides is 1. The number of aromatic hydroxyl groups is 1. The van der Waals surface area contributed by atoms with Crippen LogP contribution in [0.1, 0.15) is 22.8 Å². The largest absolute Gasteiger partial charge is 0.508 e. The first-order chi connectivity index (χ1) is 11.6. The van der Waals surface area contributed by atoms with Crippen LogP contribution in [0.4, 0.5) is 0 Å². The Morgan fingerprint density at radius 3 is 2.62 bits per heavy atom. The van der Waals surface area contributed by atoms with Gasteiger partial charge in [0.15, 0.2) is 0 Å². The lowest BCUT2D eigenvalue weighted by Gasteiger charge is -2.19. The second-order valence-corrected chi connectivity index (χ2v) is 5.71. The van der Waals surface area contributed by atoms with Crippen molar-refractivity contribution in [3.63, 3.8) is 0 Å². The fourth-order valence-electron chi connectivity index (χ4n) is 2.28. The van der Waals surface area contributed by atoms with Gasteiger partial charge in [-0.1, -0.05) is 30.3 Å². The van der Waals surface area contributed by atoms with E-state index in [-0.39, 0.29) is 12.4 Å². The van der Waals surface area contributed by atoms with E-state index in [2.05, 4.69) is 11.0 Å². The van der Waals surface area contributed by atoms with Crippen molar-refractivity contribution >= 4 is 11.6 Å². The number of carbonyl (C=O) groups excluding carboxylic acids is 1. The van der Waals surface area contributed by atoms with Gasteiger partial charge in [-0.3, -0.25) is 19.9 Å². The molecule has 2 aromatic carbocycles. The van der Waals surface area contributed by atoms with Gasteiger partial charge in [-0.2, -0.15) is 0 Å². The Morgan fingerprint density at radius 1 is 1.21 bits per heavy atom. The lowest BCUT2D eigenvalue weighted by molar-refractivity contribution is -0.0904. The molecular weight excluding hydrogens is 308 g/mol. The van der Waals surface area contributed by atoms with Gasteiger partial charge in [0.05, 0.1) is 5.70 Å².